The van der Waals surface area contributed by atoms with Crippen LogP contribution in [0.3, 0.4) is 0 Å². The van der Waals surface area contributed by atoms with E-state index < -0.39 is 34.3 Å². The summed E-state index contributed by atoms with van der Waals surface area (Å²) >= 11 is 2.28. The van der Waals surface area contributed by atoms with Gasteiger partial charge in [-0.3, -0.25) is 0 Å². The van der Waals surface area contributed by atoms with Gasteiger partial charge in [-0.25, -0.2) is 9.37 Å². The van der Waals surface area contributed by atoms with E-state index in [4.69, 9.17) is 0 Å². The monoisotopic (exact) mass is 327 g/mol. The normalized spacial score (nSPS) is 12.7. The lowest BCUT2D eigenvalue weighted by atomic mass is 10.2. The Balaban J connectivity index is 3.41. The quantitative estimate of drug-likeness (QED) is 0.576. The van der Waals surface area contributed by atoms with E-state index in [9.17, 15) is 30.7 Å². The molecule has 0 aliphatic rings. The first-order valence-electron chi connectivity index (χ1n) is 3.69. The molecular formula is C7HBrF7NO. The Hall–Kier alpha value is -1.06. The maximum Gasteiger partial charge on any atom is 0.573 e. The molecule has 0 fully saturated rings. The molecule has 96 valence electrons. The second kappa shape index (κ2) is 4.31. The SMILES string of the molecule is Fc1cnc(Br)c(C(F)(F)F)c1OC(F)(F)F. The Labute approximate surface area is 97.5 Å². The summed E-state index contributed by atoms with van der Waals surface area (Å²) < 4.78 is 87.5. The van der Waals surface area contributed by atoms with Crippen LogP contribution in [0.25, 0.3) is 0 Å². The van der Waals surface area contributed by atoms with Crippen LogP contribution in [0.1, 0.15) is 5.56 Å². The minimum atomic E-state index is -5.44. The molecule has 1 aromatic rings. The van der Waals surface area contributed by atoms with Gasteiger partial charge < -0.3 is 4.74 Å². The first-order valence-corrected chi connectivity index (χ1v) is 4.48. The lowest BCUT2D eigenvalue weighted by Crippen LogP contribution is -2.21. The molecule has 0 aromatic carbocycles. The zero-order chi connectivity index (χ0) is 13.4. The molecule has 0 radical (unpaired) electrons. The van der Waals surface area contributed by atoms with Crippen LogP contribution in [-0.4, -0.2) is 11.3 Å². The Kier molecular flexibility index (Phi) is 3.55. The van der Waals surface area contributed by atoms with Gasteiger partial charge in [0.05, 0.1) is 6.20 Å². The summed E-state index contributed by atoms with van der Waals surface area (Å²) in [5.74, 6) is -3.83. The average Bonchev–Trinajstić information content (AvgIpc) is 2.06. The van der Waals surface area contributed by atoms with Gasteiger partial charge in [-0.1, -0.05) is 0 Å². The summed E-state index contributed by atoms with van der Waals surface area (Å²) in [6, 6.07) is 0. The molecule has 0 bridgehead atoms. The van der Waals surface area contributed by atoms with Crippen LogP contribution in [-0.2, 0) is 6.18 Å². The third-order valence-electron chi connectivity index (χ3n) is 1.44. The number of alkyl halides is 6. The number of aromatic nitrogens is 1. The number of nitrogens with zero attached hydrogens (tertiary/aromatic N) is 1. The molecule has 0 atom stereocenters. The molecule has 0 spiro atoms. The summed E-state index contributed by atoms with van der Waals surface area (Å²) in [5.41, 5.74) is -1.96. The summed E-state index contributed by atoms with van der Waals surface area (Å²) in [7, 11) is 0. The lowest BCUT2D eigenvalue weighted by molar-refractivity contribution is -0.277. The summed E-state index contributed by atoms with van der Waals surface area (Å²) in [6.07, 6.45) is -10.5. The van der Waals surface area contributed by atoms with Crippen molar-refractivity contribution in [2.24, 2.45) is 0 Å². The molecule has 17 heavy (non-hydrogen) atoms. The Morgan fingerprint density at radius 1 is 1.12 bits per heavy atom. The fourth-order valence-electron chi connectivity index (χ4n) is 0.911. The van der Waals surface area contributed by atoms with Gasteiger partial charge in [-0.2, -0.15) is 13.2 Å². The first kappa shape index (κ1) is 14.0. The van der Waals surface area contributed by atoms with Crippen LogP contribution < -0.4 is 4.74 Å². The molecule has 0 saturated heterocycles. The third kappa shape index (κ3) is 3.45. The van der Waals surface area contributed by atoms with Gasteiger partial charge >= 0.3 is 12.5 Å². The lowest BCUT2D eigenvalue weighted by Gasteiger charge is -2.16. The largest absolute Gasteiger partial charge is 0.573 e. The highest BCUT2D eigenvalue weighted by Crippen LogP contribution is 2.42. The van der Waals surface area contributed by atoms with Crippen molar-refractivity contribution < 1.29 is 35.5 Å². The summed E-state index contributed by atoms with van der Waals surface area (Å²) in [6.45, 7) is 0. The molecule has 0 N–H and O–H groups in total. The highest BCUT2D eigenvalue weighted by atomic mass is 79.9. The van der Waals surface area contributed by atoms with Gasteiger partial charge in [-0.15, -0.1) is 13.2 Å². The minimum Gasteiger partial charge on any atom is -0.402 e. The van der Waals surface area contributed by atoms with Crippen molar-refractivity contribution in [3.05, 3.63) is 22.2 Å². The molecule has 0 saturated carbocycles. The smallest absolute Gasteiger partial charge is 0.402 e. The van der Waals surface area contributed by atoms with E-state index in [0.717, 1.165) is 0 Å². The highest BCUT2D eigenvalue weighted by molar-refractivity contribution is 9.10. The molecule has 0 aliphatic heterocycles. The van der Waals surface area contributed by atoms with Crippen molar-refractivity contribution in [3.63, 3.8) is 0 Å². The second-order valence-electron chi connectivity index (χ2n) is 2.65. The molecule has 2 nitrogen and oxygen atoms in total. The zero-order valence-electron chi connectivity index (χ0n) is 7.46. The van der Waals surface area contributed by atoms with Gasteiger partial charge in [-0.05, 0) is 15.9 Å². The van der Waals surface area contributed by atoms with E-state index in [1.54, 1.807) is 0 Å². The van der Waals surface area contributed by atoms with Crippen LogP contribution >= 0.6 is 15.9 Å². The fourth-order valence-corrected chi connectivity index (χ4v) is 1.42. The predicted octanol–water partition coefficient (Wildman–Crippen LogP) is 3.90. The van der Waals surface area contributed by atoms with E-state index in [2.05, 4.69) is 25.7 Å². The minimum absolute atomic E-state index is 0.181. The number of ether oxygens (including phenoxy) is 1. The molecule has 1 heterocycles. The predicted molar refractivity (Wildman–Crippen MR) is 43.6 cm³/mol. The highest BCUT2D eigenvalue weighted by Gasteiger charge is 2.43. The van der Waals surface area contributed by atoms with E-state index >= 15 is 0 Å². The van der Waals surface area contributed by atoms with E-state index in [-0.39, 0.29) is 6.20 Å². The first-order chi connectivity index (χ1) is 7.52. The average molecular weight is 328 g/mol. The van der Waals surface area contributed by atoms with E-state index in [1.807, 2.05) is 0 Å². The molecule has 0 unspecified atom stereocenters. The number of halogens is 8. The van der Waals surface area contributed by atoms with Crippen molar-refractivity contribution in [3.8, 4) is 5.75 Å². The number of hydrogen-bond acceptors (Lipinski definition) is 2. The van der Waals surface area contributed by atoms with Gasteiger partial charge in [0.1, 0.15) is 10.2 Å². The van der Waals surface area contributed by atoms with Gasteiger partial charge in [0.2, 0.25) is 0 Å². The van der Waals surface area contributed by atoms with E-state index in [0.29, 0.717) is 0 Å². The van der Waals surface area contributed by atoms with Crippen molar-refractivity contribution in [2.45, 2.75) is 12.5 Å². The Morgan fingerprint density at radius 3 is 2.06 bits per heavy atom. The van der Waals surface area contributed by atoms with Crippen molar-refractivity contribution in [1.29, 1.82) is 0 Å². The van der Waals surface area contributed by atoms with Crippen LogP contribution in [0.15, 0.2) is 10.8 Å². The molecule has 10 heteroatoms. The maximum absolute atomic E-state index is 12.9. The maximum atomic E-state index is 12.9. The summed E-state index contributed by atoms with van der Waals surface area (Å²) in [4.78, 5) is 2.91. The van der Waals surface area contributed by atoms with Crippen molar-refractivity contribution >= 4 is 15.9 Å². The number of pyridine rings is 1. The number of rotatable bonds is 1. The third-order valence-corrected chi connectivity index (χ3v) is 2.04. The molecule has 1 aromatic heterocycles. The zero-order valence-corrected chi connectivity index (χ0v) is 9.04. The Bertz CT molecular complexity index is 427. The Morgan fingerprint density at radius 2 is 1.65 bits per heavy atom. The number of hydrogen-bond donors (Lipinski definition) is 0. The molecule has 0 aliphatic carbocycles. The van der Waals surface area contributed by atoms with E-state index in [1.165, 1.54) is 0 Å². The summed E-state index contributed by atoms with van der Waals surface area (Å²) in [5, 5.41) is 0. The molecule has 1 rings (SSSR count). The second-order valence-corrected chi connectivity index (χ2v) is 3.40. The van der Waals surface area contributed by atoms with Gasteiger partial charge in [0.25, 0.3) is 0 Å². The van der Waals surface area contributed by atoms with Crippen LogP contribution in [0.2, 0.25) is 0 Å². The molecular weight excluding hydrogens is 327 g/mol. The van der Waals surface area contributed by atoms with Crippen molar-refractivity contribution in [2.75, 3.05) is 0 Å². The fraction of sp³-hybridized carbons (Fsp3) is 0.286. The van der Waals surface area contributed by atoms with Gasteiger partial charge in [0, 0.05) is 0 Å². The standard InChI is InChI=1S/C7HBrF7NO/c8-5-3(6(10,11)12)4(2(9)1-16-5)17-7(13,14)15/h1H. The van der Waals surface area contributed by atoms with Crippen LogP contribution in [0.5, 0.6) is 5.75 Å². The topological polar surface area (TPSA) is 22.1 Å². The van der Waals surface area contributed by atoms with Crippen molar-refractivity contribution in [1.82, 2.24) is 4.98 Å². The molecule has 0 amide bonds. The van der Waals surface area contributed by atoms with Crippen LogP contribution in [0, 0.1) is 5.82 Å². The van der Waals surface area contributed by atoms with Crippen LogP contribution in [0.4, 0.5) is 30.7 Å². The van der Waals surface area contributed by atoms with Gasteiger partial charge in [0.15, 0.2) is 11.6 Å².